The van der Waals surface area contributed by atoms with Crippen LogP contribution in [-0.4, -0.2) is 43.4 Å². The number of pyridine rings is 1. The van der Waals surface area contributed by atoms with Crippen LogP contribution >= 0.6 is 0 Å². The van der Waals surface area contributed by atoms with Gasteiger partial charge in [-0.15, -0.1) is 0 Å². The third-order valence-electron chi connectivity index (χ3n) is 4.87. The number of hydrogen-bond donors (Lipinski definition) is 1. The number of hydrogen-bond acceptors (Lipinski definition) is 5. The highest BCUT2D eigenvalue weighted by molar-refractivity contribution is 7.91. The second kappa shape index (κ2) is 8.08. The van der Waals surface area contributed by atoms with Gasteiger partial charge in [0.25, 0.3) is 5.91 Å². The average molecular weight is 388 g/mol. The third-order valence-corrected chi connectivity index (χ3v) is 6.62. The molecule has 1 atom stereocenters. The van der Waals surface area contributed by atoms with Crippen molar-refractivity contribution in [3.63, 3.8) is 0 Å². The molecule has 1 N–H and O–H groups in total. The van der Waals surface area contributed by atoms with Gasteiger partial charge in [0.2, 0.25) is 0 Å². The van der Waals surface area contributed by atoms with E-state index in [1.807, 2.05) is 49.1 Å². The van der Waals surface area contributed by atoms with Crippen LogP contribution in [0.15, 0.2) is 42.6 Å². The zero-order valence-electron chi connectivity index (χ0n) is 15.7. The highest BCUT2D eigenvalue weighted by Crippen LogP contribution is 2.24. The molecular formula is C20H25N3O3S. The molecular weight excluding hydrogens is 362 g/mol. The van der Waals surface area contributed by atoms with Crippen molar-refractivity contribution in [2.45, 2.75) is 32.9 Å². The number of aryl methyl sites for hydroxylation is 1. The van der Waals surface area contributed by atoms with Gasteiger partial charge in [0, 0.05) is 31.0 Å². The maximum absolute atomic E-state index is 12.5. The third kappa shape index (κ3) is 4.86. The zero-order valence-corrected chi connectivity index (χ0v) is 16.5. The number of nitrogens with zero attached hydrogens (tertiary/aromatic N) is 2. The van der Waals surface area contributed by atoms with Crippen molar-refractivity contribution in [2.24, 2.45) is 0 Å². The molecule has 2 heterocycles. The molecule has 1 fully saturated rings. The van der Waals surface area contributed by atoms with E-state index in [0.29, 0.717) is 25.2 Å². The molecule has 0 aliphatic carbocycles. The van der Waals surface area contributed by atoms with E-state index in [2.05, 4.69) is 10.3 Å². The Bertz CT molecular complexity index is 910. The maximum Gasteiger partial charge on any atom is 0.270 e. The molecule has 1 saturated heterocycles. The Morgan fingerprint density at radius 1 is 1.26 bits per heavy atom. The molecule has 1 aliphatic rings. The molecule has 0 spiro atoms. The Labute approximate surface area is 160 Å². The predicted molar refractivity (Wildman–Crippen MR) is 107 cm³/mol. The summed E-state index contributed by atoms with van der Waals surface area (Å²) in [7, 11) is -2.96. The lowest BCUT2D eigenvalue weighted by atomic mass is 10.1. The first-order valence-corrected chi connectivity index (χ1v) is 11.0. The molecule has 1 aromatic heterocycles. The van der Waals surface area contributed by atoms with E-state index in [0.717, 1.165) is 11.3 Å². The normalized spacial score (nSPS) is 18.2. The minimum Gasteiger partial charge on any atom is -0.368 e. The number of nitrogens with one attached hydrogen (secondary N) is 1. The molecule has 0 saturated carbocycles. The van der Waals surface area contributed by atoms with Crippen LogP contribution in [0.5, 0.6) is 0 Å². The summed E-state index contributed by atoms with van der Waals surface area (Å²) < 4.78 is 23.6. The lowest BCUT2D eigenvalue weighted by Crippen LogP contribution is -2.36. The molecule has 144 valence electrons. The van der Waals surface area contributed by atoms with Crippen molar-refractivity contribution < 1.29 is 13.2 Å². The number of carbonyl (C=O) groups excluding carboxylic acids is 1. The Kier molecular flexibility index (Phi) is 5.79. The van der Waals surface area contributed by atoms with Crippen molar-refractivity contribution >= 4 is 21.4 Å². The fourth-order valence-corrected chi connectivity index (χ4v) is 5.10. The minimum absolute atomic E-state index is 0.0501. The lowest BCUT2D eigenvalue weighted by molar-refractivity contribution is 0.0946. The van der Waals surface area contributed by atoms with Gasteiger partial charge in [-0.05, 0) is 38.0 Å². The number of amides is 1. The van der Waals surface area contributed by atoms with Crippen LogP contribution in [0.3, 0.4) is 0 Å². The SMILES string of the molecule is CCN(c1ccnc(C(=O)NCc2ccc(C)cc2)c1)C1CCS(=O)(=O)C1. The second-order valence-electron chi connectivity index (χ2n) is 6.91. The van der Waals surface area contributed by atoms with Crippen LogP contribution in [0.25, 0.3) is 0 Å². The smallest absolute Gasteiger partial charge is 0.270 e. The second-order valence-corrected chi connectivity index (χ2v) is 9.14. The van der Waals surface area contributed by atoms with E-state index in [1.54, 1.807) is 12.3 Å². The summed E-state index contributed by atoms with van der Waals surface area (Å²) in [5.41, 5.74) is 3.36. The van der Waals surface area contributed by atoms with Gasteiger partial charge in [-0.25, -0.2) is 8.42 Å². The molecule has 1 aliphatic heterocycles. The maximum atomic E-state index is 12.5. The van der Waals surface area contributed by atoms with Crippen molar-refractivity contribution in [1.82, 2.24) is 10.3 Å². The van der Waals surface area contributed by atoms with Gasteiger partial charge in [-0.3, -0.25) is 9.78 Å². The predicted octanol–water partition coefficient (Wildman–Crippen LogP) is 2.33. The Hall–Kier alpha value is -2.41. The fraction of sp³-hybridized carbons (Fsp3) is 0.400. The summed E-state index contributed by atoms with van der Waals surface area (Å²) in [5.74, 6) is 0.147. The Morgan fingerprint density at radius 3 is 2.63 bits per heavy atom. The molecule has 6 nitrogen and oxygen atoms in total. The molecule has 1 amide bonds. The van der Waals surface area contributed by atoms with Gasteiger partial charge in [-0.2, -0.15) is 0 Å². The first-order chi connectivity index (χ1) is 12.9. The fourth-order valence-electron chi connectivity index (χ4n) is 3.37. The van der Waals surface area contributed by atoms with Crippen LogP contribution in [0, 0.1) is 6.92 Å². The van der Waals surface area contributed by atoms with Crippen LogP contribution in [0.1, 0.15) is 35.0 Å². The average Bonchev–Trinajstić information content (AvgIpc) is 3.01. The van der Waals surface area contributed by atoms with Gasteiger partial charge in [-0.1, -0.05) is 29.8 Å². The molecule has 2 aromatic rings. The first-order valence-electron chi connectivity index (χ1n) is 9.15. The summed E-state index contributed by atoms with van der Waals surface area (Å²) in [6, 6.07) is 11.5. The van der Waals surface area contributed by atoms with E-state index in [-0.39, 0.29) is 23.5 Å². The monoisotopic (exact) mass is 387 g/mol. The quantitative estimate of drug-likeness (QED) is 0.823. The molecule has 1 unspecified atom stereocenters. The van der Waals surface area contributed by atoms with Crippen molar-refractivity contribution in [1.29, 1.82) is 0 Å². The van der Waals surface area contributed by atoms with Gasteiger partial charge in [0.1, 0.15) is 5.69 Å². The number of sulfone groups is 1. The van der Waals surface area contributed by atoms with Crippen LogP contribution in [-0.2, 0) is 16.4 Å². The minimum atomic E-state index is -2.96. The van der Waals surface area contributed by atoms with Gasteiger partial charge in [0.05, 0.1) is 11.5 Å². The van der Waals surface area contributed by atoms with Gasteiger partial charge >= 0.3 is 0 Å². The first kappa shape index (κ1) is 19.4. The summed E-state index contributed by atoms with van der Waals surface area (Å²) in [6.07, 6.45) is 2.22. The number of rotatable bonds is 6. The number of carbonyl (C=O) groups is 1. The van der Waals surface area contributed by atoms with E-state index in [9.17, 15) is 13.2 Å². The van der Waals surface area contributed by atoms with Crippen molar-refractivity contribution in [2.75, 3.05) is 23.0 Å². The summed E-state index contributed by atoms with van der Waals surface area (Å²) in [6.45, 7) is 5.12. The lowest BCUT2D eigenvalue weighted by Gasteiger charge is -2.29. The highest BCUT2D eigenvalue weighted by Gasteiger charge is 2.32. The van der Waals surface area contributed by atoms with Crippen LogP contribution in [0.4, 0.5) is 5.69 Å². The standard InChI is InChI=1S/C20H25N3O3S/c1-3-23(18-9-11-27(25,26)14-18)17-8-10-21-19(12-17)20(24)22-13-16-6-4-15(2)5-7-16/h4-8,10,12,18H,3,9,11,13-14H2,1-2H3,(H,22,24). The Balaban J connectivity index is 1.70. The molecule has 27 heavy (non-hydrogen) atoms. The summed E-state index contributed by atoms with van der Waals surface area (Å²) in [4.78, 5) is 18.7. The summed E-state index contributed by atoms with van der Waals surface area (Å²) >= 11 is 0. The molecule has 0 radical (unpaired) electrons. The van der Waals surface area contributed by atoms with E-state index >= 15 is 0 Å². The van der Waals surface area contributed by atoms with Crippen molar-refractivity contribution in [3.8, 4) is 0 Å². The highest BCUT2D eigenvalue weighted by atomic mass is 32.2. The molecule has 7 heteroatoms. The van der Waals surface area contributed by atoms with E-state index < -0.39 is 9.84 Å². The van der Waals surface area contributed by atoms with E-state index in [4.69, 9.17) is 0 Å². The zero-order chi connectivity index (χ0) is 19.4. The van der Waals surface area contributed by atoms with E-state index in [1.165, 1.54) is 5.56 Å². The number of aromatic nitrogens is 1. The molecule has 3 rings (SSSR count). The largest absolute Gasteiger partial charge is 0.368 e. The van der Waals surface area contributed by atoms with Gasteiger partial charge < -0.3 is 10.2 Å². The Morgan fingerprint density at radius 2 is 2.00 bits per heavy atom. The topological polar surface area (TPSA) is 79.4 Å². The molecule has 0 bridgehead atoms. The van der Waals surface area contributed by atoms with Crippen LogP contribution < -0.4 is 10.2 Å². The summed E-state index contributed by atoms with van der Waals surface area (Å²) in [5, 5.41) is 2.89. The number of anilines is 1. The molecule has 1 aromatic carbocycles. The van der Waals surface area contributed by atoms with Crippen molar-refractivity contribution in [3.05, 3.63) is 59.4 Å². The van der Waals surface area contributed by atoms with Crippen LogP contribution in [0.2, 0.25) is 0 Å². The number of benzene rings is 1. The van der Waals surface area contributed by atoms with Gasteiger partial charge in [0.15, 0.2) is 9.84 Å².